The summed E-state index contributed by atoms with van der Waals surface area (Å²) in [6, 6.07) is 9.23. The molecule has 0 bridgehead atoms. The van der Waals surface area contributed by atoms with E-state index in [1.807, 2.05) is 34.2 Å². The molecule has 120 valence electrons. The van der Waals surface area contributed by atoms with Crippen LogP contribution in [-0.2, 0) is 0 Å². The second-order valence-electron chi connectivity index (χ2n) is 4.84. The molecule has 0 spiro atoms. The molecule has 0 unspecified atom stereocenters. The van der Waals surface area contributed by atoms with Crippen LogP contribution in [0.3, 0.4) is 0 Å². The summed E-state index contributed by atoms with van der Waals surface area (Å²) in [5, 5.41) is 15.3. The Morgan fingerprint density at radius 3 is 3.04 bits per heavy atom. The number of thiazole rings is 1. The van der Waals surface area contributed by atoms with Crippen LogP contribution in [0.4, 0.5) is 10.1 Å². The summed E-state index contributed by atoms with van der Waals surface area (Å²) in [4.78, 5) is 20.7. The summed E-state index contributed by atoms with van der Waals surface area (Å²) in [5.41, 5.74) is 4.23. The number of hydrogen-bond donors (Lipinski definition) is 3. The first-order valence-corrected chi connectivity index (χ1v) is 8.63. The first-order valence-electron chi connectivity index (χ1n) is 6.94. The zero-order chi connectivity index (χ0) is 16.5. The van der Waals surface area contributed by atoms with Gasteiger partial charge in [-0.05, 0) is 24.3 Å². The lowest BCUT2D eigenvalue weighted by Gasteiger charge is -1.98. The van der Waals surface area contributed by atoms with E-state index in [4.69, 9.17) is 5.21 Å². The lowest BCUT2D eigenvalue weighted by Crippen LogP contribution is -2.16. The summed E-state index contributed by atoms with van der Waals surface area (Å²) >= 11 is 2.70. The van der Waals surface area contributed by atoms with Crippen LogP contribution in [0.5, 0.6) is 0 Å². The van der Waals surface area contributed by atoms with Gasteiger partial charge in [0.15, 0.2) is 5.13 Å². The maximum absolute atomic E-state index is 11.4. The van der Waals surface area contributed by atoms with Gasteiger partial charge in [-0.2, -0.15) is 0 Å². The van der Waals surface area contributed by atoms with Crippen molar-refractivity contribution in [2.75, 3.05) is 5.32 Å². The second kappa shape index (κ2) is 6.04. The van der Waals surface area contributed by atoms with E-state index in [0.717, 1.165) is 22.0 Å². The summed E-state index contributed by atoms with van der Waals surface area (Å²) in [5.74, 6) is -0.529. The van der Waals surface area contributed by atoms with E-state index in [1.165, 1.54) is 22.7 Å². The molecule has 0 aliphatic heterocycles. The Labute approximate surface area is 144 Å². The lowest BCUT2D eigenvalue weighted by molar-refractivity contribution is 0.0711. The smallest absolute Gasteiger partial charge is 0.284 e. The van der Waals surface area contributed by atoms with Gasteiger partial charge in [0, 0.05) is 11.6 Å². The van der Waals surface area contributed by atoms with Gasteiger partial charge in [-0.25, -0.2) is 15.4 Å². The molecular formula is C15H11N5O2S2. The fourth-order valence-electron chi connectivity index (χ4n) is 2.26. The number of fused-ring (bicyclic) bond motifs is 1. The molecule has 0 aliphatic carbocycles. The molecule has 0 fully saturated rings. The Morgan fingerprint density at radius 1 is 1.25 bits per heavy atom. The Balaban J connectivity index is 1.59. The molecule has 9 heteroatoms. The van der Waals surface area contributed by atoms with Gasteiger partial charge in [0.25, 0.3) is 5.91 Å². The predicted molar refractivity (Wildman–Crippen MR) is 93.2 cm³/mol. The van der Waals surface area contributed by atoms with Crippen molar-refractivity contribution in [2.45, 2.75) is 0 Å². The highest BCUT2D eigenvalue weighted by Gasteiger charge is 2.12. The van der Waals surface area contributed by atoms with Crippen molar-refractivity contribution in [3.63, 3.8) is 0 Å². The number of hydrogen-bond acceptors (Lipinski definition) is 7. The highest BCUT2D eigenvalue weighted by Crippen LogP contribution is 2.30. The third kappa shape index (κ3) is 2.64. The summed E-state index contributed by atoms with van der Waals surface area (Å²) in [6.45, 7) is 0. The number of imidazole rings is 1. The molecule has 4 aromatic rings. The van der Waals surface area contributed by atoms with Crippen LogP contribution in [0.2, 0.25) is 0 Å². The number of aromatic nitrogens is 3. The van der Waals surface area contributed by atoms with E-state index >= 15 is 0 Å². The average molecular weight is 357 g/mol. The molecule has 24 heavy (non-hydrogen) atoms. The minimum atomic E-state index is -0.529. The molecule has 0 aromatic carbocycles. The molecule has 7 nitrogen and oxygen atoms in total. The molecule has 0 aliphatic rings. The van der Waals surface area contributed by atoms with Crippen molar-refractivity contribution >= 4 is 44.4 Å². The molecular weight excluding hydrogens is 346 g/mol. The normalized spacial score (nSPS) is 10.9. The molecule has 4 heterocycles. The average Bonchev–Trinajstić information content (AvgIpc) is 3.33. The number of pyridine rings is 1. The van der Waals surface area contributed by atoms with Crippen LogP contribution >= 0.6 is 22.7 Å². The van der Waals surface area contributed by atoms with Gasteiger partial charge in [-0.3, -0.25) is 14.4 Å². The number of carbonyl (C=O) groups is 1. The van der Waals surface area contributed by atoms with Crippen LogP contribution in [0.25, 0.3) is 17.0 Å². The van der Waals surface area contributed by atoms with E-state index in [2.05, 4.69) is 15.3 Å². The van der Waals surface area contributed by atoms with Gasteiger partial charge in [0.05, 0.1) is 21.8 Å². The van der Waals surface area contributed by atoms with E-state index < -0.39 is 5.91 Å². The fraction of sp³-hybridized carbons (Fsp3) is 0. The highest BCUT2D eigenvalue weighted by atomic mass is 32.1. The van der Waals surface area contributed by atoms with E-state index in [9.17, 15) is 4.79 Å². The van der Waals surface area contributed by atoms with Crippen LogP contribution in [0.15, 0.2) is 48.1 Å². The third-order valence-electron chi connectivity index (χ3n) is 3.35. The maximum atomic E-state index is 11.4. The van der Waals surface area contributed by atoms with Crippen molar-refractivity contribution in [1.29, 1.82) is 0 Å². The monoisotopic (exact) mass is 357 g/mol. The van der Waals surface area contributed by atoms with E-state index in [1.54, 1.807) is 23.8 Å². The molecule has 3 N–H and O–H groups in total. The van der Waals surface area contributed by atoms with Crippen LogP contribution in [0.1, 0.15) is 9.67 Å². The summed E-state index contributed by atoms with van der Waals surface area (Å²) in [6.07, 6.45) is 3.74. The SMILES string of the molecule is O=C(NO)c1ccc(Nc2nc(-c3cnc4ccccn34)cs2)s1. The molecule has 1 amide bonds. The zero-order valence-corrected chi connectivity index (χ0v) is 13.8. The second-order valence-corrected chi connectivity index (χ2v) is 6.78. The van der Waals surface area contributed by atoms with Crippen LogP contribution < -0.4 is 10.8 Å². The Hall–Kier alpha value is -2.75. The maximum Gasteiger partial charge on any atom is 0.284 e. The number of thiophene rings is 1. The largest absolute Gasteiger partial charge is 0.323 e. The Bertz CT molecular complexity index is 1020. The van der Waals surface area contributed by atoms with E-state index in [-0.39, 0.29) is 0 Å². The predicted octanol–water partition coefficient (Wildman–Crippen LogP) is 3.38. The minimum absolute atomic E-state index is 0.415. The first-order chi connectivity index (χ1) is 11.7. The standard InChI is InChI=1S/C15H11N5O2S2/c21-14(19-22)11-4-5-13(24-11)18-15-17-9(8-23-15)10-7-16-12-3-1-2-6-20(10)12/h1-8,22H,(H,17,18)(H,19,21). The molecule has 4 aromatic heterocycles. The summed E-state index contributed by atoms with van der Waals surface area (Å²) in [7, 11) is 0. The quantitative estimate of drug-likeness (QED) is 0.385. The van der Waals surface area contributed by atoms with E-state index in [0.29, 0.717) is 10.0 Å². The summed E-state index contributed by atoms with van der Waals surface area (Å²) < 4.78 is 1.98. The third-order valence-corrected chi connectivity index (χ3v) is 5.10. The molecule has 0 radical (unpaired) electrons. The zero-order valence-electron chi connectivity index (χ0n) is 12.1. The number of hydroxylamine groups is 1. The minimum Gasteiger partial charge on any atom is -0.323 e. The van der Waals surface area contributed by atoms with Gasteiger partial charge in [0.2, 0.25) is 0 Å². The molecule has 4 rings (SSSR count). The molecule has 0 atom stereocenters. The van der Waals surface area contributed by atoms with Crippen LogP contribution in [-0.4, -0.2) is 25.5 Å². The van der Waals surface area contributed by atoms with Crippen LogP contribution in [0, 0.1) is 0 Å². The molecule has 0 saturated carbocycles. The molecule has 0 saturated heterocycles. The van der Waals surface area contributed by atoms with Gasteiger partial charge in [-0.1, -0.05) is 6.07 Å². The lowest BCUT2D eigenvalue weighted by atomic mass is 10.3. The van der Waals surface area contributed by atoms with Crippen molar-refractivity contribution in [1.82, 2.24) is 19.8 Å². The number of nitrogens with one attached hydrogen (secondary N) is 2. The fourth-order valence-corrected chi connectivity index (χ4v) is 3.83. The van der Waals surface area contributed by atoms with Crippen molar-refractivity contribution in [3.05, 3.63) is 53.0 Å². The number of anilines is 2. The van der Waals surface area contributed by atoms with Gasteiger partial charge < -0.3 is 5.32 Å². The van der Waals surface area contributed by atoms with Gasteiger partial charge in [0.1, 0.15) is 11.3 Å². The van der Waals surface area contributed by atoms with Crippen molar-refractivity contribution < 1.29 is 10.0 Å². The first kappa shape index (κ1) is 14.8. The van der Waals surface area contributed by atoms with Crippen molar-refractivity contribution in [3.8, 4) is 11.4 Å². The van der Waals surface area contributed by atoms with Gasteiger partial charge in [-0.15, -0.1) is 22.7 Å². The number of amides is 1. The van der Waals surface area contributed by atoms with Crippen molar-refractivity contribution in [2.24, 2.45) is 0 Å². The highest BCUT2D eigenvalue weighted by molar-refractivity contribution is 7.18. The topological polar surface area (TPSA) is 91.5 Å². The number of nitrogens with zero attached hydrogens (tertiary/aromatic N) is 3. The van der Waals surface area contributed by atoms with Gasteiger partial charge >= 0.3 is 0 Å². The number of rotatable bonds is 4. The Kier molecular flexibility index (Phi) is 3.73. The Morgan fingerprint density at radius 2 is 2.17 bits per heavy atom. The number of carbonyl (C=O) groups excluding carboxylic acids is 1.